The van der Waals surface area contributed by atoms with E-state index in [2.05, 4.69) is 23.8 Å². The number of carbonyl (C=O) groups excluding carboxylic acids is 1. The highest BCUT2D eigenvalue weighted by Crippen LogP contribution is 2.40. The van der Waals surface area contributed by atoms with Gasteiger partial charge in [-0.3, -0.25) is 4.90 Å². The van der Waals surface area contributed by atoms with Gasteiger partial charge in [0.05, 0.1) is 30.6 Å². The Bertz CT molecular complexity index is 959. The number of morpholine rings is 1. The largest absolute Gasteiger partial charge is 0.459 e. The first-order chi connectivity index (χ1) is 14.3. The Hall–Kier alpha value is -2.42. The molecule has 8 nitrogen and oxygen atoms in total. The molecule has 2 aromatic heterocycles. The van der Waals surface area contributed by atoms with Crippen molar-refractivity contribution in [3.05, 3.63) is 35.8 Å². The number of ether oxygens (including phenoxy) is 2. The number of nitrogens with one attached hydrogen (secondary N) is 1. The van der Waals surface area contributed by atoms with Crippen molar-refractivity contribution in [2.75, 3.05) is 32.8 Å². The fourth-order valence-corrected chi connectivity index (χ4v) is 4.34. The van der Waals surface area contributed by atoms with Gasteiger partial charge < -0.3 is 24.5 Å². The van der Waals surface area contributed by atoms with Gasteiger partial charge in [0.25, 0.3) is 0 Å². The molecule has 2 aromatic rings. The minimum absolute atomic E-state index is 0.252. The van der Waals surface area contributed by atoms with E-state index in [-0.39, 0.29) is 11.5 Å². The van der Waals surface area contributed by atoms with Crippen LogP contribution in [0.15, 0.2) is 24.5 Å². The van der Waals surface area contributed by atoms with E-state index >= 15 is 0 Å². The van der Waals surface area contributed by atoms with Crippen LogP contribution in [0.3, 0.4) is 0 Å². The molecule has 4 heterocycles. The quantitative estimate of drug-likeness (QED) is 0.740. The van der Waals surface area contributed by atoms with E-state index in [4.69, 9.17) is 9.47 Å². The highest BCUT2D eigenvalue weighted by Gasteiger charge is 2.38. The number of aromatic nitrogens is 2. The van der Waals surface area contributed by atoms with Gasteiger partial charge >= 0.3 is 5.97 Å². The first-order valence-corrected chi connectivity index (χ1v) is 10.4. The lowest BCUT2D eigenvalue weighted by Gasteiger charge is -2.40. The SMILES string of the molecule is CC(C)OC(=O)C1=CN(C(O)N2CCOCC2)CC(C)(C)c2c1[nH]c1ncccc21. The van der Waals surface area contributed by atoms with Crippen LogP contribution in [-0.4, -0.2) is 76.1 Å². The average Bonchev–Trinajstić information content (AvgIpc) is 3.05. The average molecular weight is 415 g/mol. The van der Waals surface area contributed by atoms with Gasteiger partial charge in [0.1, 0.15) is 5.65 Å². The lowest BCUT2D eigenvalue weighted by atomic mass is 9.82. The fraction of sp³-hybridized carbons (Fsp3) is 0.545. The zero-order valence-electron chi connectivity index (χ0n) is 18.0. The third-order valence-electron chi connectivity index (χ3n) is 5.62. The minimum atomic E-state index is -0.858. The minimum Gasteiger partial charge on any atom is -0.459 e. The number of pyridine rings is 1. The van der Waals surface area contributed by atoms with Crippen molar-refractivity contribution in [1.82, 2.24) is 19.8 Å². The maximum Gasteiger partial charge on any atom is 0.342 e. The third-order valence-corrected chi connectivity index (χ3v) is 5.62. The molecule has 0 spiro atoms. The van der Waals surface area contributed by atoms with Crippen LogP contribution in [0.2, 0.25) is 0 Å². The van der Waals surface area contributed by atoms with E-state index in [9.17, 15) is 9.90 Å². The van der Waals surface area contributed by atoms with E-state index in [1.165, 1.54) is 0 Å². The number of hydrogen-bond acceptors (Lipinski definition) is 7. The number of fused-ring (bicyclic) bond motifs is 3. The third kappa shape index (κ3) is 3.82. The molecule has 2 N–H and O–H groups in total. The molecule has 1 fully saturated rings. The van der Waals surface area contributed by atoms with Crippen LogP contribution < -0.4 is 0 Å². The van der Waals surface area contributed by atoms with Crippen molar-refractivity contribution in [3.8, 4) is 0 Å². The molecule has 8 heteroatoms. The molecular formula is C22H30N4O4. The summed E-state index contributed by atoms with van der Waals surface area (Å²) in [7, 11) is 0. The molecule has 0 saturated carbocycles. The van der Waals surface area contributed by atoms with Gasteiger partial charge in [-0.2, -0.15) is 0 Å². The normalized spacial score (nSPS) is 20.6. The summed E-state index contributed by atoms with van der Waals surface area (Å²) >= 11 is 0. The summed E-state index contributed by atoms with van der Waals surface area (Å²) in [5.74, 6) is -0.422. The number of hydrogen-bond donors (Lipinski definition) is 2. The van der Waals surface area contributed by atoms with Crippen LogP contribution in [0.25, 0.3) is 16.6 Å². The summed E-state index contributed by atoms with van der Waals surface area (Å²) < 4.78 is 11.0. The number of aliphatic hydroxyl groups excluding tert-OH is 1. The maximum atomic E-state index is 13.1. The highest BCUT2D eigenvalue weighted by atomic mass is 16.5. The highest BCUT2D eigenvalue weighted by molar-refractivity contribution is 6.17. The lowest BCUT2D eigenvalue weighted by molar-refractivity contribution is -0.140. The Morgan fingerprint density at radius 1 is 1.33 bits per heavy atom. The van der Waals surface area contributed by atoms with Gasteiger partial charge in [0, 0.05) is 42.8 Å². The van der Waals surface area contributed by atoms with Gasteiger partial charge in [-0.25, -0.2) is 9.78 Å². The molecule has 2 aliphatic rings. The number of aromatic amines is 1. The summed E-state index contributed by atoms with van der Waals surface area (Å²) in [6.07, 6.45) is 2.35. The Kier molecular flexibility index (Phi) is 5.57. The van der Waals surface area contributed by atoms with Crippen molar-refractivity contribution < 1.29 is 19.4 Å². The van der Waals surface area contributed by atoms with Crippen LogP contribution in [-0.2, 0) is 19.7 Å². The molecule has 0 aliphatic carbocycles. The Morgan fingerprint density at radius 2 is 2.07 bits per heavy atom. The molecule has 30 heavy (non-hydrogen) atoms. The van der Waals surface area contributed by atoms with Crippen LogP contribution in [0.1, 0.15) is 39.0 Å². The predicted molar refractivity (Wildman–Crippen MR) is 113 cm³/mol. The molecule has 162 valence electrons. The topological polar surface area (TPSA) is 90.9 Å². The number of H-pyrrole nitrogens is 1. The molecule has 0 aromatic carbocycles. The summed E-state index contributed by atoms with van der Waals surface area (Å²) in [5.41, 5.74) is 2.49. The first kappa shape index (κ1) is 20.8. The van der Waals surface area contributed by atoms with E-state index < -0.39 is 12.3 Å². The van der Waals surface area contributed by atoms with Gasteiger partial charge in [-0.1, -0.05) is 13.8 Å². The fourth-order valence-electron chi connectivity index (χ4n) is 4.34. The number of esters is 1. The molecular weight excluding hydrogens is 384 g/mol. The number of rotatable bonds is 4. The van der Waals surface area contributed by atoms with Crippen molar-refractivity contribution in [2.45, 2.75) is 45.6 Å². The predicted octanol–water partition coefficient (Wildman–Crippen LogP) is 2.06. The van der Waals surface area contributed by atoms with Crippen LogP contribution >= 0.6 is 0 Å². The Labute approximate surface area is 176 Å². The molecule has 0 amide bonds. The van der Waals surface area contributed by atoms with Crippen molar-refractivity contribution >= 4 is 22.6 Å². The van der Waals surface area contributed by atoms with E-state index in [1.807, 2.05) is 35.8 Å². The Morgan fingerprint density at radius 3 is 2.77 bits per heavy atom. The van der Waals surface area contributed by atoms with Crippen LogP contribution in [0, 0.1) is 0 Å². The Balaban J connectivity index is 1.83. The van der Waals surface area contributed by atoms with Gasteiger partial charge in [-0.05, 0) is 31.5 Å². The lowest BCUT2D eigenvalue weighted by Crippen LogP contribution is -2.52. The van der Waals surface area contributed by atoms with Crippen molar-refractivity contribution in [1.29, 1.82) is 0 Å². The van der Waals surface area contributed by atoms with Gasteiger partial charge in [-0.15, -0.1) is 0 Å². The molecule has 1 unspecified atom stereocenters. The maximum absolute atomic E-state index is 13.1. The van der Waals surface area contributed by atoms with Crippen molar-refractivity contribution in [2.24, 2.45) is 0 Å². The zero-order chi connectivity index (χ0) is 21.5. The number of aliphatic hydroxyl groups is 1. The second-order valence-corrected chi connectivity index (χ2v) is 8.82. The van der Waals surface area contributed by atoms with E-state index in [0.29, 0.717) is 44.1 Å². The number of carbonyl (C=O) groups is 1. The molecule has 1 saturated heterocycles. The molecule has 0 radical (unpaired) electrons. The standard InChI is InChI=1S/C22H30N4O4/c1-14(2)30-20(27)16-12-26(21(28)25-8-10-29-11-9-25)13-22(3,4)17-15-6-5-7-23-19(15)24-18(16)17/h5-7,12,14,21,28H,8-11,13H2,1-4H3,(H,23,24). The van der Waals surface area contributed by atoms with Crippen LogP contribution in [0.4, 0.5) is 0 Å². The summed E-state index contributed by atoms with van der Waals surface area (Å²) in [5, 5.41) is 12.1. The first-order valence-electron chi connectivity index (χ1n) is 10.4. The van der Waals surface area contributed by atoms with Crippen LogP contribution in [0.5, 0.6) is 0 Å². The van der Waals surface area contributed by atoms with Gasteiger partial charge in [0.2, 0.25) is 0 Å². The second kappa shape index (κ2) is 8.02. The van der Waals surface area contributed by atoms with E-state index in [0.717, 1.165) is 16.6 Å². The van der Waals surface area contributed by atoms with Crippen molar-refractivity contribution in [3.63, 3.8) is 0 Å². The molecule has 0 bridgehead atoms. The molecule has 4 rings (SSSR count). The summed E-state index contributed by atoms with van der Waals surface area (Å²) in [4.78, 5) is 24.7. The summed E-state index contributed by atoms with van der Waals surface area (Å²) in [6.45, 7) is 10.8. The van der Waals surface area contributed by atoms with E-state index in [1.54, 1.807) is 12.4 Å². The number of nitrogens with zero attached hydrogens (tertiary/aromatic N) is 3. The molecule has 2 aliphatic heterocycles. The zero-order valence-corrected chi connectivity index (χ0v) is 18.0. The van der Waals surface area contributed by atoms with Gasteiger partial charge in [0.15, 0.2) is 6.35 Å². The molecule has 1 atom stereocenters. The smallest absolute Gasteiger partial charge is 0.342 e. The summed E-state index contributed by atoms with van der Waals surface area (Å²) in [6, 6.07) is 3.91. The monoisotopic (exact) mass is 414 g/mol. The second-order valence-electron chi connectivity index (χ2n) is 8.82.